The monoisotopic (exact) mass is 490 g/mol. The predicted molar refractivity (Wildman–Crippen MR) is 133 cm³/mol. The Hall–Kier alpha value is -2.24. The van der Waals surface area contributed by atoms with E-state index in [1.807, 2.05) is 38.1 Å². The molecule has 0 bridgehead atoms. The summed E-state index contributed by atoms with van der Waals surface area (Å²) in [6, 6.07) is 12.3. The van der Waals surface area contributed by atoms with Gasteiger partial charge in [0.2, 0.25) is 5.91 Å². The second kappa shape index (κ2) is 12.3. The Morgan fingerprint density at radius 1 is 1.12 bits per heavy atom. The van der Waals surface area contributed by atoms with Crippen LogP contribution in [0.1, 0.15) is 56.6 Å². The maximum absolute atomic E-state index is 13.3. The first-order valence-corrected chi connectivity index (χ1v) is 12.4. The molecule has 1 atom stereocenters. The van der Waals surface area contributed by atoms with Crippen LogP contribution in [0.4, 0.5) is 0 Å². The molecule has 33 heavy (non-hydrogen) atoms. The van der Waals surface area contributed by atoms with Crippen LogP contribution in [0.5, 0.6) is 5.75 Å². The van der Waals surface area contributed by atoms with Gasteiger partial charge in [-0.15, -0.1) is 0 Å². The summed E-state index contributed by atoms with van der Waals surface area (Å²) in [6.07, 6.45) is 5.90. The number of hydrogen-bond donors (Lipinski definition) is 1. The maximum atomic E-state index is 13.3. The zero-order valence-electron chi connectivity index (χ0n) is 19.3. The number of halogens is 2. The minimum atomic E-state index is -0.618. The zero-order valence-corrected chi connectivity index (χ0v) is 20.8. The topological polar surface area (TPSA) is 58.6 Å². The van der Waals surface area contributed by atoms with Gasteiger partial charge < -0.3 is 15.0 Å². The van der Waals surface area contributed by atoms with Crippen LogP contribution in [0.3, 0.4) is 0 Å². The number of amides is 2. The molecule has 2 amide bonds. The SMILES string of the molecule is CCC(C(=O)NC1CCCCC1)N(Cc1ccc(Cl)cc1Cl)C(=O)COc1cccc(C)c1. The molecule has 1 unspecified atom stereocenters. The van der Waals surface area contributed by atoms with Crippen molar-refractivity contribution >= 4 is 35.0 Å². The second-order valence-electron chi connectivity index (χ2n) is 8.63. The summed E-state index contributed by atoms with van der Waals surface area (Å²) in [6.45, 7) is 3.91. The third-order valence-electron chi connectivity index (χ3n) is 6.05. The standard InChI is InChI=1S/C26H32Cl2N2O3/c1-3-24(26(32)29-21-9-5-4-6-10-21)30(16-19-12-13-20(27)15-23(19)28)25(31)17-33-22-11-7-8-18(2)14-22/h7-8,11-15,21,24H,3-6,9-10,16-17H2,1-2H3,(H,29,32). The molecule has 0 saturated heterocycles. The summed E-state index contributed by atoms with van der Waals surface area (Å²) in [5.74, 6) is 0.221. The second-order valence-corrected chi connectivity index (χ2v) is 9.47. The number of hydrogen-bond acceptors (Lipinski definition) is 3. The van der Waals surface area contributed by atoms with Gasteiger partial charge in [0.05, 0.1) is 0 Å². The van der Waals surface area contributed by atoms with Gasteiger partial charge in [0, 0.05) is 22.6 Å². The van der Waals surface area contributed by atoms with Gasteiger partial charge in [-0.05, 0) is 61.6 Å². The highest BCUT2D eigenvalue weighted by Crippen LogP contribution is 2.24. The van der Waals surface area contributed by atoms with E-state index in [1.165, 1.54) is 6.42 Å². The van der Waals surface area contributed by atoms with E-state index in [1.54, 1.807) is 23.1 Å². The molecule has 1 saturated carbocycles. The minimum absolute atomic E-state index is 0.126. The highest BCUT2D eigenvalue weighted by atomic mass is 35.5. The molecular weight excluding hydrogens is 459 g/mol. The predicted octanol–water partition coefficient (Wildman–Crippen LogP) is 5.94. The number of carbonyl (C=O) groups is 2. The quantitative estimate of drug-likeness (QED) is 0.473. The van der Waals surface area contributed by atoms with Gasteiger partial charge in [-0.25, -0.2) is 0 Å². The van der Waals surface area contributed by atoms with Crippen molar-refractivity contribution < 1.29 is 14.3 Å². The molecule has 178 valence electrons. The fraction of sp³-hybridized carbons (Fsp3) is 0.462. The molecule has 1 N–H and O–H groups in total. The first kappa shape index (κ1) is 25.4. The van der Waals surface area contributed by atoms with Crippen molar-refractivity contribution in [2.45, 2.75) is 71.0 Å². The van der Waals surface area contributed by atoms with E-state index in [0.29, 0.717) is 22.2 Å². The molecule has 3 rings (SSSR count). The van der Waals surface area contributed by atoms with Gasteiger partial charge in [0.15, 0.2) is 6.61 Å². The number of rotatable bonds is 9. The Bertz CT molecular complexity index is 960. The van der Waals surface area contributed by atoms with Gasteiger partial charge in [0.25, 0.3) is 5.91 Å². The van der Waals surface area contributed by atoms with Crippen molar-refractivity contribution in [2.75, 3.05) is 6.61 Å². The summed E-state index contributed by atoms with van der Waals surface area (Å²) in [5.41, 5.74) is 1.77. The van der Waals surface area contributed by atoms with Crippen molar-refractivity contribution in [3.05, 3.63) is 63.6 Å². The van der Waals surface area contributed by atoms with E-state index in [4.69, 9.17) is 27.9 Å². The Kier molecular flexibility index (Phi) is 9.45. The number of nitrogens with one attached hydrogen (secondary N) is 1. The smallest absolute Gasteiger partial charge is 0.261 e. The van der Waals surface area contributed by atoms with Crippen LogP contribution in [0.15, 0.2) is 42.5 Å². The molecule has 0 heterocycles. The van der Waals surface area contributed by atoms with Crippen LogP contribution in [0.2, 0.25) is 10.0 Å². The number of benzene rings is 2. The number of ether oxygens (including phenoxy) is 1. The van der Waals surface area contributed by atoms with Gasteiger partial charge >= 0.3 is 0 Å². The van der Waals surface area contributed by atoms with E-state index in [2.05, 4.69) is 5.32 Å². The van der Waals surface area contributed by atoms with Crippen LogP contribution in [0.25, 0.3) is 0 Å². The highest BCUT2D eigenvalue weighted by Gasteiger charge is 2.31. The summed E-state index contributed by atoms with van der Waals surface area (Å²) in [7, 11) is 0. The average Bonchev–Trinajstić information content (AvgIpc) is 2.79. The lowest BCUT2D eigenvalue weighted by atomic mass is 9.95. The van der Waals surface area contributed by atoms with E-state index in [9.17, 15) is 9.59 Å². The van der Waals surface area contributed by atoms with E-state index in [-0.39, 0.29) is 31.0 Å². The zero-order chi connectivity index (χ0) is 23.8. The molecule has 1 aliphatic rings. The summed E-state index contributed by atoms with van der Waals surface area (Å²) >= 11 is 12.4. The van der Waals surface area contributed by atoms with Gasteiger partial charge in [0.1, 0.15) is 11.8 Å². The Morgan fingerprint density at radius 3 is 2.55 bits per heavy atom. The lowest BCUT2D eigenvalue weighted by molar-refractivity contribution is -0.143. The van der Waals surface area contributed by atoms with Gasteiger partial charge in [-0.2, -0.15) is 0 Å². The molecule has 0 aliphatic heterocycles. The van der Waals surface area contributed by atoms with E-state index in [0.717, 1.165) is 36.8 Å². The molecule has 0 radical (unpaired) electrons. The maximum Gasteiger partial charge on any atom is 0.261 e. The van der Waals surface area contributed by atoms with Crippen molar-refractivity contribution in [3.8, 4) is 5.75 Å². The first-order valence-electron chi connectivity index (χ1n) is 11.6. The average molecular weight is 491 g/mol. The highest BCUT2D eigenvalue weighted by molar-refractivity contribution is 6.35. The molecule has 0 spiro atoms. The van der Waals surface area contributed by atoms with Gasteiger partial charge in [-0.1, -0.05) is 67.6 Å². The van der Waals surface area contributed by atoms with E-state index >= 15 is 0 Å². The fourth-order valence-electron chi connectivity index (χ4n) is 4.23. The molecular formula is C26H32Cl2N2O3. The summed E-state index contributed by atoms with van der Waals surface area (Å²) < 4.78 is 5.76. The van der Waals surface area contributed by atoms with Crippen molar-refractivity contribution in [1.82, 2.24) is 10.2 Å². The number of nitrogens with zero attached hydrogens (tertiary/aromatic N) is 1. The lowest BCUT2D eigenvalue weighted by Crippen LogP contribution is -2.52. The molecule has 7 heteroatoms. The van der Waals surface area contributed by atoms with Crippen LogP contribution in [0, 0.1) is 6.92 Å². The van der Waals surface area contributed by atoms with Crippen LogP contribution in [-0.4, -0.2) is 35.4 Å². The third kappa shape index (κ3) is 7.38. The molecule has 1 fully saturated rings. The molecule has 5 nitrogen and oxygen atoms in total. The Morgan fingerprint density at radius 2 is 1.88 bits per heavy atom. The summed E-state index contributed by atoms with van der Waals surface area (Å²) in [5, 5.41) is 4.15. The van der Waals surface area contributed by atoms with Crippen LogP contribution in [-0.2, 0) is 16.1 Å². The third-order valence-corrected chi connectivity index (χ3v) is 6.63. The molecule has 2 aromatic carbocycles. The van der Waals surface area contributed by atoms with Crippen LogP contribution >= 0.6 is 23.2 Å². The van der Waals surface area contributed by atoms with E-state index < -0.39 is 6.04 Å². The van der Waals surface area contributed by atoms with Crippen molar-refractivity contribution in [3.63, 3.8) is 0 Å². The normalized spacial score (nSPS) is 15.0. The largest absolute Gasteiger partial charge is 0.484 e. The van der Waals surface area contributed by atoms with Crippen LogP contribution < -0.4 is 10.1 Å². The van der Waals surface area contributed by atoms with Gasteiger partial charge in [-0.3, -0.25) is 9.59 Å². The first-order chi connectivity index (χ1) is 15.9. The Balaban J connectivity index is 1.78. The minimum Gasteiger partial charge on any atom is -0.484 e. The van der Waals surface area contributed by atoms with Crippen molar-refractivity contribution in [1.29, 1.82) is 0 Å². The summed E-state index contributed by atoms with van der Waals surface area (Å²) in [4.78, 5) is 28.1. The fourth-order valence-corrected chi connectivity index (χ4v) is 4.70. The molecule has 2 aromatic rings. The number of carbonyl (C=O) groups excluding carboxylic acids is 2. The number of aryl methyl sites for hydroxylation is 1. The Labute approximate surface area is 206 Å². The van der Waals surface area contributed by atoms with Crippen molar-refractivity contribution in [2.24, 2.45) is 0 Å². The lowest BCUT2D eigenvalue weighted by Gasteiger charge is -2.33. The molecule has 0 aromatic heterocycles. The molecule has 1 aliphatic carbocycles.